The van der Waals surface area contributed by atoms with E-state index in [9.17, 15) is 0 Å². The molecule has 1 saturated heterocycles. The van der Waals surface area contributed by atoms with Crippen LogP contribution in [0.4, 0.5) is 0 Å². The summed E-state index contributed by atoms with van der Waals surface area (Å²) in [6.07, 6.45) is 4.05. The molecule has 0 radical (unpaired) electrons. The van der Waals surface area contributed by atoms with Gasteiger partial charge in [0.1, 0.15) is 0 Å². The molecular formula is C17H23N3OS. The monoisotopic (exact) mass is 317 g/mol. The van der Waals surface area contributed by atoms with E-state index in [4.69, 9.17) is 4.74 Å². The third-order valence-corrected chi connectivity index (χ3v) is 4.95. The zero-order valence-electron chi connectivity index (χ0n) is 12.9. The molecule has 0 aromatic carbocycles. The molecule has 2 aromatic heterocycles. The number of hydrogen-bond donors (Lipinski definition) is 1. The second-order valence-corrected chi connectivity index (χ2v) is 6.68. The zero-order valence-corrected chi connectivity index (χ0v) is 13.8. The van der Waals surface area contributed by atoms with Crippen LogP contribution in [-0.2, 0) is 11.3 Å². The van der Waals surface area contributed by atoms with E-state index in [0.717, 1.165) is 32.8 Å². The molecule has 3 rings (SSSR count). The highest BCUT2D eigenvalue weighted by molar-refractivity contribution is 7.10. The lowest BCUT2D eigenvalue weighted by molar-refractivity contribution is -0.0339. The summed E-state index contributed by atoms with van der Waals surface area (Å²) in [5.41, 5.74) is 1.22. The smallest absolute Gasteiger partial charge is 0.0674 e. The maximum Gasteiger partial charge on any atom is 0.0674 e. The van der Waals surface area contributed by atoms with Crippen molar-refractivity contribution >= 4 is 11.3 Å². The molecule has 1 aliphatic heterocycles. The zero-order chi connectivity index (χ0) is 15.2. The van der Waals surface area contributed by atoms with Crippen LogP contribution in [-0.4, -0.2) is 42.2 Å². The van der Waals surface area contributed by atoms with Gasteiger partial charge in [0.25, 0.3) is 0 Å². The number of nitrogens with zero attached hydrogens (tertiary/aromatic N) is 2. The van der Waals surface area contributed by atoms with Crippen molar-refractivity contribution in [3.63, 3.8) is 0 Å². The molecule has 4 nitrogen and oxygen atoms in total. The Morgan fingerprint density at radius 2 is 2.41 bits per heavy atom. The maximum absolute atomic E-state index is 5.68. The lowest BCUT2D eigenvalue weighted by Gasteiger charge is -2.37. The highest BCUT2D eigenvalue weighted by Crippen LogP contribution is 2.26. The third kappa shape index (κ3) is 4.14. The predicted molar refractivity (Wildman–Crippen MR) is 90.0 cm³/mol. The number of pyridine rings is 1. The van der Waals surface area contributed by atoms with E-state index in [1.807, 2.05) is 29.8 Å². The van der Waals surface area contributed by atoms with Crippen molar-refractivity contribution in [3.05, 3.63) is 52.5 Å². The van der Waals surface area contributed by atoms with Crippen LogP contribution in [0.2, 0.25) is 0 Å². The Bertz CT molecular complexity index is 546. The molecule has 2 aromatic rings. The van der Waals surface area contributed by atoms with Crippen LogP contribution in [0.25, 0.3) is 0 Å². The van der Waals surface area contributed by atoms with Gasteiger partial charge in [0.15, 0.2) is 0 Å². The Kier molecular flexibility index (Phi) is 5.56. The summed E-state index contributed by atoms with van der Waals surface area (Å²) in [7, 11) is 0. The van der Waals surface area contributed by atoms with E-state index in [2.05, 4.69) is 45.7 Å². The van der Waals surface area contributed by atoms with Gasteiger partial charge in [-0.15, -0.1) is 11.3 Å². The standard InChI is InChI=1S/C17H23N3OS/c1-14-13-20(7-8-21-14)16(17-5-3-9-22-17)12-19-11-15-4-2-6-18-10-15/h2-6,9-10,14,16,19H,7-8,11-13H2,1H3/t14-,16-/m1/s1. The van der Waals surface area contributed by atoms with Gasteiger partial charge in [-0.1, -0.05) is 12.1 Å². The second kappa shape index (κ2) is 7.83. The van der Waals surface area contributed by atoms with Gasteiger partial charge < -0.3 is 10.1 Å². The molecular weight excluding hydrogens is 294 g/mol. The number of hydrogen-bond acceptors (Lipinski definition) is 5. The molecule has 0 amide bonds. The fourth-order valence-corrected chi connectivity index (χ4v) is 3.74. The van der Waals surface area contributed by atoms with E-state index < -0.39 is 0 Å². The quantitative estimate of drug-likeness (QED) is 0.889. The molecule has 0 bridgehead atoms. The van der Waals surface area contributed by atoms with Gasteiger partial charge in [-0.25, -0.2) is 0 Å². The number of morpholine rings is 1. The van der Waals surface area contributed by atoms with Crippen LogP contribution in [0.1, 0.15) is 23.4 Å². The van der Waals surface area contributed by atoms with Crippen molar-refractivity contribution in [2.45, 2.75) is 25.6 Å². The Morgan fingerprint density at radius 1 is 1.45 bits per heavy atom. The molecule has 0 unspecified atom stereocenters. The van der Waals surface area contributed by atoms with Crippen molar-refractivity contribution in [1.29, 1.82) is 0 Å². The molecule has 3 heterocycles. The minimum Gasteiger partial charge on any atom is -0.376 e. The average Bonchev–Trinajstić information content (AvgIpc) is 3.07. The molecule has 5 heteroatoms. The highest BCUT2D eigenvalue weighted by Gasteiger charge is 2.25. The fourth-order valence-electron chi connectivity index (χ4n) is 2.87. The molecule has 2 atom stereocenters. The number of aromatic nitrogens is 1. The maximum atomic E-state index is 5.68. The van der Waals surface area contributed by atoms with E-state index in [1.54, 1.807) is 0 Å². The molecule has 0 saturated carbocycles. The Balaban J connectivity index is 1.61. The minimum absolute atomic E-state index is 0.314. The number of nitrogens with one attached hydrogen (secondary N) is 1. The van der Waals surface area contributed by atoms with Gasteiger partial charge in [-0.05, 0) is 30.0 Å². The van der Waals surface area contributed by atoms with Crippen LogP contribution in [0.15, 0.2) is 42.0 Å². The van der Waals surface area contributed by atoms with Gasteiger partial charge in [0.2, 0.25) is 0 Å². The summed E-state index contributed by atoms with van der Waals surface area (Å²) in [4.78, 5) is 8.13. The van der Waals surface area contributed by atoms with Crippen LogP contribution in [0.3, 0.4) is 0 Å². The number of ether oxygens (including phenoxy) is 1. The SMILES string of the molecule is C[C@@H]1CN([C@H](CNCc2cccnc2)c2cccs2)CCO1. The van der Waals surface area contributed by atoms with Crippen molar-refractivity contribution in [1.82, 2.24) is 15.2 Å². The number of thiophene rings is 1. The first-order valence-corrected chi connectivity index (χ1v) is 8.69. The van der Waals surface area contributed by atoms with Crippen LogP contribution in [0.5, 0.6) is 0 Å². The van der Waals surface area contributed by atoms with Gasteiger partial charge in [0, 0.05) is 43.4 Å². The van der Waals surface area contributed by atoms with Crippen molar-refractivity contribution in [2.75, 3.05) is 26.2 Å². The van der Waals surface area contributed by atoms with Gasteiger partial charge >= 0.3 is 0 Å². The summed E-state index contributed by atoms with van der Waals surface area (Å²) in [6, 6.07) is 8.89. The summed E-state index contributed by atoms with van der Waals surface area (Å²) < 4.78 is 5.68. The Morgan fingerprint density at radius 3 is 3.14 bits per heavy atom. The van der Waals surface area contributed by atoms with E-state index in [-0.39, 0.29) is 0 Å². The fraction of sp³-hybridized carbons (Fsp3) is 0.471. The molecule has 0 aliphatic carbocycles. The van der Waals surface area contributed by atoms with E-state index >= 15 is 0 Å². The minimum atomic E-state index is 0.314. The predicted octanol–water partition coefficient (Wildman–Crippen LogP) is 2.69. The van der Waals surface area contributed by atoms with Crippen LogP contribution < -0.4 is 5.32 Å². The molecule has 22 heavy (non-hydrogen) atoms. The molecule has 1 N–H and O–H groups in total. The summed E-state index contributed by atoms with van der Waals surface area (Å²) >= 11 is 1.84. The van der Waals surface area contributed by atoms with Crippen molar-refractivity contribution < 1.29 is 4.74 Å². The Hall–Kier alpha value is -1.27. The van der Waals surface area contributed by atoms with Crippen LogP contribution >= 0.6 is 11.3 Å². The summed E-state index contributed by atoms with van der Waals surface area (Å²) in [5, 5.41) is 5.75. The van der Waals surface area contributed by atoms with E-state index in [0.29, 0.717) is 12.1 Å². The van der Waals surface area contributed by atoms with Crippen LogP contribution in [0, 0.1) is 0 Å². The topological polar surface area (TPSA) is 37.4 Å². The normalized spacial score (nSPS) is 20.9. The molecule has 118 valence electrons. The van der Waals surface area contributed by atoms with Crippen molar-refractivity contribution in [3.8, 4) is 0 Å². The highest BCUT2D eigenvalue weighted by atomic mass is 32.1. The Labute approximate surface area is 136 Å². The molecule has 0 spiro atoms. The number of rotatable bonds is 6. The first kappa shape index (κ1) is 15.6. The summed E-state index contributed by atoms with van der Waals surface area (Å²) in [5.74, 6) is 0. The van der Waals surface area contributed by atoms with Gasteiger partial charge in [0.05, 0.1) is 18.8 Å². The lowest BCUT2D eigenvalue weighted by Crippen LogP contribution is -2.45. The summed E-state index contributed by atoms with van der Waals surface area (Å²) in [6.45, 7) is 6.78. The van der Waals surface area contributed by atoms with E-state index in [1.165, 1.54) is 10.4 Å². The van der Waals surface area contributed by atoms with Gasteiger partial charge in [-0.3, -0.25) is 9.88 Å². The average molecular weight is 317 g/mol. The molecule has 1 aliphatic rings. The first-order valence-electron chi connectivity index (χ1n) is 7.81. The lowest BCUT2D eigenvalue weighted by atomic mass is 10.1. The van der Waals surface area contributed by atoms with Crippen molar-refractivity contribution in [2.24, 2.45) is 0 Å². The first-order chi connectivity index (χ1) is 10.8. The second-order valence-electron chi connectivity index (χ2n) is 5.70. The van der Waals surface area contributed by atoms with Gasteiger partial charge in [-0.2, -0.15) is 0 Å². The molecule has 1 fully saturated rings. The third-order valence-electron chi connectivity index (χ3n) is 3.97. The largest absolute Gasteiger partial charge is 0.376 e.